The zero-order valence-electron chi connectivity index (χ0n) is 11.1. The van der Waals surface area contributed by atoms with Gasteiger partial charge >= 0.3 is 0 Å². The van der Waals surface area contributed by atoms with E-state index in [1.807, 2.05) is 18.3 Å². The predicted octanol–water partition coefficient (Wildman–Crippen LogP) is 2.67. The largest absolute Gasteiger partial charge is 0.542 e. The number of allylic oxidation sites excluding steroid dienone is 1. The Bertz CT molecular complexity index is 668. The highest BCUT2D eigenvalue weighted by Crippen LogP contribution is 2.26. The van der Waals surface area contributed by atoms with Crippen molar-refractivity contribution in [1.29, 1.82) is 0 Å². The summed E-state index contributed by atoms with van der Waals surface area (Å²) in [5.41, 5.74) is 1.68. The van der Waals surface area contributed by atoms with Crippen molar-refractivity contribution >= 4 is 22.4 Å². The second kappa shape index (κ2) is 4.88. The van der Waals surface area contributed by atoms with Crippen molar-refractivity contribution in [3.05, 3.63) is 41.9 Å². The first-order chi connectivity index (χ1) is 8.91. The molecule has 1 aromatic carbocycles. The van der Waals surface area contributed by atoms with Crippen LogP contribution < -0.4 is 5.11 Å². The number of nitrogens with zero attached hydrogens (tertiary/aromatic N) is 1. The number of halogens is 1. The molecule has 0 amide bonds. The topological polar surface area (TPSA) is 45.1 Å². The molecule has 2 rings (SSSR count). The highest BCUT2D eigenvalue weighted by atomic mass is 19.1. The molecule has 0 fully saturated rings. The molecule has 0 aliphatic rings. The summed E-state index contributed by atoms with van der Waals surface area (Å²) in [5, 5.41) is 11.5. The molecule has 0 atom stereocenters. The van der Waals surface area contributed by atoms with Gasteiger partial charge in [0.2, 0.25) is 0 Å². The molecule has 0 aliphatic heterocycles. The average Bonchev–Trinajstić information content (AvgIpc) is 2.79. The lowest BCUT2D eigenvalue weighted by Gasteiger charge is -2.10. The second-order valence-corrected chi connectivity index (χ2v) is 4.82. The Morgan fingerprint density at radius 3 is 2.58 bits per heavy atom. The molecule has 0 aliphatic carbocycles. The third-order valence-electron chi connectivity index (χ3n) is 3.22. The van der Waals surface area contributed by atoms with Gasteiger partial charge in [-0.3, -0.25) is 0 Å². The van der Waals surface area contributed by atoms with Gasteiger partial charge in [-0.25, -0.2) is 4.39 Å². The van der Waals surface area contributed by atoms with Crippen LogP contribution in [-0.4, -0.2) is 10.5 Å². The number of fused-ring (bicyclic) bond motifs is 1. The van der Waals surface area contributed by atoms with Crippen molar-refractivity contribution in [2.24, 2.45) is 0 Å². The van der Waals surface area contributed by atoms with Crippen LogP contribution in [0.1, 0.15) is 32.4 Å². The zero-order chi connectivity index (χ0) is 14.2. The minimum Gasteiger partial charge on any atom is -0.542 e. The Morgan fingerprint density at radius 1 is 1.32 bits per heavy atom. The minimum atomic E-state index is -1.78. The summed E-state index contributed by atoms with van der Waals surface area (Å²) in [5.74, 6) is -3.00. The molecule has 2 aromatic rings. The number of aromatic nitrogens is 1. The number of benzene rings is 1. The molecule has 3 nitrogen and oxygen atoms in total. The molecule has 0 radical (unpaired) electrons. The van der Waals surface area contributed by atoms with E-state index in [1.54, 1.807) is 12.1 Å². The number of carbonyl (C=O) groups is 1. The van der Waals surface area contributed by atoms with Crippen LogP contribution in [-0.2, 0) is 4.79 Å². The number of carboxylic acid groups (broad SMARTS) is 1. The molecular formula is C15H15FNO2-. The first-order valence-electron chi connectivity index (χ1n) is 6.10. The lowest BCUT2D eigenvalue weighted by molar-refractivity contribution is -0.301. The van der Waals surface area contributed by atoms with Gasteiger partial charge in [-0.1, -0.05) is 6.07 Å². The second-order valence-electron chi connectivity index (χ2n) is 4.82. The lowest BCUT2D eigenvalue weighted by Crippen LogP contribution is -2.23. The smallest absolute Gasteiger partial charge is 0.149 e. The van der Waals surface area contributed by atoms with Crippen molar-refractivity contribution in [3.63, 3.8) is 0 Å². The monoisotopic (exact) mass is 260 g/mol. The highest BCUT2D eigenvalue weighted by molar-refractivity contribution is 5.94. The van der Waals surface area contributed by atoms with Gasteiger partial charge in [0.05, 0.1) is 0 Å². The van der Waals surface area contributed by atoms with Crippen LogP contribution in [0.3, 0.4) is 0 Å². The summed E-state index contributed by atoms with van der Waals surface area (Å²) in [7, 11) is 0. The standard InChI is InChI=1S/C15H16FNO2/c1-9(2)17-7-6-12-8-11(4-5-13(12)17)10(3)14(16)15(18)19/h4-9H,1-3H3,(H,18,19)/p-1/b14-10+. The summed E-state index contributed by atoms with van der Waals surface area (Å²) >= 11 is 0. The van der Waals surface area contributed by atoms with E-state index in [1.165, 1.54) is 6.92 Å². The fourth-order valence-electron chi connectivity index (χ4n) is 2.13. The minimum absolute atomic E-state index is 0.0826. The Hall–Kier alpha value is -2.10. The molecule has 0 spiro atoms. The average molecular weight is 260 g/mol. The molecule has 1 heterocycles. The molecule has 0 N–H and O–H groups in total. The first kappa shape index (κ1) is 13.3. The van der Waals surface area contributed by atoms with Crippen LogP contribution in [0.2, 0.25) is 0 Å². The Morgan fingerprint density at radius 2 is 2.00 bits per heavy atom. The molecule has 0 bridgehead atoms. The third kappa shape index (κ3) is 2.38. The Labute approximate surface area is 111 Å². The van der Waals surface area contributed by atoms with Crippen LogP contribution in [0.15, 0.2) is 36.3 Å². The maximum atomic E-state index is 13.4. The maximum Gasteiger partial charge on any atom is 0.149 e. The van der Waals surface area contributed by atoms with Gasteiger partial charge in [0.1, 0.15) is 11.8 Å². The van der Waals surface area contributed by atoms with E-state index in [0.717, 1.165) is 10.9 Å². The van der Waals surface area contributed by atoms with Crippen molar-refractivity contribution in [3.8, 4) is 0 Å². The fourth-order valence-corrected chi connectivity index (χ4v) is 2.13. The van der Waals surface area contributed by atoms with Crippen LogP contribution in [0.25, 0.3) is 16.5 Å². The van der Waals surface area contributed by atoms with E-state index < -0.39 is 11.8 Å². The van der Waals surface area contributed by atoms with Gasteiger partial charge in [0, 0.05) is 23.1 Å². The molecule has 1 aromatic heterocycles. The van der Waals surface area contributed by atoms with E-state index in [9.17, 15) is 14.3 Å². The number of aliphatic carboxylic acids is 1. The number of carbonyl (C=O) groups excluding carboxylic acids is 1. The van der Waals surface area contributed by atoms with Gasteiger partial charge < -0.3 is 14.5 Å². The first-order valence-corrected chi connectivity index (χ1v) is 6.10. The Balaban J connectivity index is 2.55. The lowest BCUT2D eigenvalue weighted by atomic mass is 10.0. The summed E-state index contributed by atoms with van der Waals surface area (Å²) < 4.78 is 15.5. The summed E-state index contributed by atoms with van der Waals surface area (Å²) in [6, 6.07) is 7.64. The van der Waals surface area contributed by atoms with Crippen LogP contribution >= 0.6 is 0 Å². The van der Waals surface area contributed by atoms with E-state index in [0.29, 0.717) is 11.6 Å². The predicted molar refractivity (Wildman–Crippen MR) is 71.0 cm³/mol. The molecule has 19 heavy (non-hydrogen) atoms. The fraction of sp³-hybridized carbons (Fsp3) is 0.267. The van der Waals surface area contributed by atoms with Crippen molar-refractivity contribution in [1.82, 2.24) is 4.57 Å². The Kier molecular flexibility index (Phi) is 3.42. The SMILES string of the molecule is C/C(=C(\F)C(=O)[O-])c1ccc2c(ccn2C(C)C)c1. The summed E-state index contributed by atoms with van der Waals surface area (Å²) in [6.07, 6.45) is 1.97. The molecule has 0 unspecified atom stereocenters. The van der Waals surface area contributed by atoms with Crippen molar-refractivity contribution in [2.75, 3.05) is 0 Å². The van der Waals surface area contributed by atoms with E-state index in [2.05, 4.69) is 18.4 Å². The van der Waals surface area contributed by atoms with Gasteiger partial charge in [-0.05, 0) is 50.1 Å². The maximum absolute atomic E-state index is 13.4. The number of hydrogen-bond donors (Lipinski definition) is 0. The summed E-state index contributed by atoms with van der Waals surface area (Å²) in [4.78, 5) is 10.5. The normalized spacial score (nSPS) is 12.9. The highest BCUT2D eigenvalue weighted by Gasteiger charge is 2.09. The third-order valence-corrected chi connectivity index (χ3v) is 3.22. The summed E-state index contributed by atoms with van der Waals surface area (Å²) in [6.45, 7) is 5.59. The molecule has 0 saturated carbocycles. The van der Waals surface area contributed by atoms with Crippen LogP contribution in [0.4, 0.5) is 4.39 Å². The van der Waals surface area contributed by atoms with Gasteiger partial charge in [-0.2, -0.15) is 0 Å². The van der Waals surface area contributed by atoms with E-state index in [-0.39, 0.29) is 5.57 Å². The van der Waals surface area contributed by atoms with Crippen molar-refractivity contribution in [2.45, 2.75) is 26.8 Å². The molecule has 0 saturated heterocycles. The van der Waals surface area contributed by atoms with Crippen molar-refractivity contribution < 1.29 is 14.3 Å². The van der Waals surface area contributed by atoms with Crippen LogP contribution in [0.5, 0.6) is 0 Å². The number of carboxylic acids is 1. The number of hydrogen-bond acceptors (Lipinski definition) is 2. The van der Waals surface area contributed by atoms with Gasteiger partial charge in [0.15, 0.2) is 0 Å². The quantitative estimate of drug-likeness (QED) is 0.796. The molecular weight excluding hydrogens is 245 g/mol. The number of rotatable bonds is 3. The van der Waals surface area contributed by atoms with Gasteiger partial charge in [-0.15, -0.1) is 0 Å². The van der Waals surface area contributed by atoms with E-state index >= 15 is 0 Å². The van der Waals surface area contributed by atoms with E-state index in [4.69, 9.17) is 0 Å². The molecule has 100 valence electrons. The van der Waals surface area contributed by atoms with Gasteiger partial charge in [0.25, 0.3) is 0 Å². The molecule has 4 heteroatoms. The van der Waals surface area contributed by atoms with Crippen LogP contribution in [0, 0.1) is 0 Å². The zero-order valence-corrected chi connectivity index (χ0v) is 11.1.